The summed E-state index contributed by atoms with van der Waals surface area (Å²) in [5.41, 5.74) is 2.62. The van der Waals surface area contributed by atoms with Crippen molar-refractivity contribution in [1.29, 1.82) is 0 Å². The van der Waals surface area contributed by atoms with E-state index < -0.39 is 0 Å². The van der Waals surface area contributed by atoms with Crippen LogP contribution in [-0.2, 0) is 6.54 Å². The third-order valence-electron chi connectivity index (χ3n) is 2.87. The average molecular weight is 299 g/mol. The molecule has 1 N–H and O–H groups in total. The predicted molar refractivity (Wildman–Crippen MR) is 79.7 cm³/mol. The predicted octanol–water partition coefficient (Wildman–Crippen LogP) is 3.79. The summed E-state index contributed by atoms with van der Waals surface area (Å²) < 4.78 is 1.19. The zero-order valence-corrected chi connectivity index (χ0v) is 12.7. The van der Waals surface area contributed by atoms with Crippen molar-refractivity contribution in [3.63, 3.8) is 0 Å². The number of hydrogen-bond donors (Lipinski definition) is 1. The van der Waals surface area contributed by atoms with Crippen LogP contribution in [0.2, 0.25) is 0 Å². The normalized spacial score (nSPS) is 10.6. The molecule has 0 fully saturated rings. The van der Waals surface area contributed by atoms with E-state index in [1.807, 2.05) is 0 Å². The lowest BCUT2D eigenvalue weighted by molar-refractivity contribution is 0.675. The number of hydrogen-bond acceptors (Lipinski definition) is 2. The zero-order chi connectivity index (χ0) is 12.7. The minimum absolute atomic E-state index is 0.949. The van der Waals surface area contributed by atoms with Gasteiger partial charge in [-0.3, -0.25) is 0 Å². The first-order valence-electron chi connectivity index (χ1n) is 6.47. The van der Waals surface area contributed by atoms with Gasteiger partial charge in [-0.15, -0.1) is 0 Å². The van der Waals surface area contributed by atoms with Gasteiger partial charge in [0.15, 0.2) is 0 Å². The molecule has 0 radical (unpaired) electrons. The first-order chi connectivity index (χ1) is 8.22. The molecular weight excluding hydrogens is 276 g/mol. The highest BCUT2D eigenvalue weighted by molar-refractivity contribution is 9.10. The molecule has 0 aliphatic rings. The van der Waals surface area contributed by atoms with Gasteiger partial charge in [0.2, 0.25) is 0 Å². The van der Waals surface area contributed by atoms with Crippen molar-refractivity contribution in [3.05, 3.63) is 28.2 Å². The third kappa shape index (κ3) is 4.32. The second kappa shape index (κ2) is 7.72. The highest BCUT2D eigenvalue weighted by atomic mass is 79.9. The summed E-state index contributed by atoms with van der Waals surface area (Å²) in [7, 11) is 0. The summed E-state index contributed by atoms with van der Waals surface area (Å²) in [5, 5.41) is 3.42. The third-order valence-corrected chi connectivity index (χ3v) is 3.51. The van der Waals surface area contributed by atoms with E-state index in [1.54, 1.807) is 0 Å². The fraction of sp³-hybridized carbons (Fsp3) is 0.571. The maximum absolute atomic E-state index is 3.67. The molecule has 0 aliphatic carbocycles. The van der Waals surface area contributed by atoms with Gasteiger partial charge in [-0.25, -0.2) is 0 Å². The van der Waals surface area contributed by atoms with Crippen molar-refractivity contribution in [2.75, 3.05) is 24.5 Å². The minimum Gasteiger partial charge on any atom is -0.371 e. The molecule has 17 heavy (non-hydrogen) atoms. The molecule has 96 valence electrons. The van der Waals surface area contributed by atoms with Gasteiger partial charge in [0, 0.05) is 24.1 Å². The number of anilines is 1. The Morgan fingerprint density at radius 2 is 1.88 bits per heavy atom. The Bertz CT molecular complexity index is 335. The monoisotopic (exact) mass is 298 g/mol. The van der Waals surface area contributed by atoms with E-state index in [1.165, 1.54) is 22.1 Å². The van der Waals surface area contributed by atoms with E-state index in [-0.39, 0.29) is 0 Å². The minimum atomic E-state index is 0.949. The molecule has 2 nitrogen and oxygen atoms in total. The standard InChI is InChI=1S/C14H23BrN2/c1-4-9-16-11-12-7-8-14(13(15)10-12)17(5-2)6-3/h7-8,10,16H,4-6,9,11H2,1-3H3. The van der Waals surface area contributed by atoms with Gasteiger partial charge < -0.3 is 10.2 Å². The van der Waals surface area contributed by atoms with Gasteiger partial charge in [0.05, 0.1) is 5.69 Å². The maximum Gasteiger partial charge on any atom is 0.0510 e. The van der Waals surface area contributed by atoms with Crippen LogP contribution in [0.1, 0.15) is 32.8 Å². The highest BCUT2D eigenvalue weighted by Gasteiger charge is 2.06. The van der Waals surface area contributed by atoms with Crippen molar-refractivity contribution in [2.24, 2.45) is 0 Å². The summed E-state index contributed by atoms with van der Waals surface area (Å²) in [6.07, 6.45) is 1.18. The molecule has 0 amide bonds. The second-order valence-electron chi connectivity index (χ2n) is 4.13. The summed E-state index contributed by atoms with van der Waals surface area (Å²) in [4.78, 5) is 2.35. The van der Waals surface area contributed by atoms with Crippen molar-refractivity contribution < 1.29 is 0 Å². The van der Waals surface area contributed by atoms with E-state index in [9.17, 15) is 0 Å². The SMILES string of the molecule is CCCNCc1ccc(N(CC)CC)c(Br)c1. The Kier molecular flexibility index (Phi) is 6.60. The van der Waals surface area contributed by atoms with Crippen LogP contribution in [0.4, 0.5) is 5.69 Å². The van der Waals surface area contributed by atoms with Crippen molar-refractivity contribution in [3.8, 4) is 0 Å². The molecule has 3 heteroatoms. The van der Waals surface area contributed by atoms with Crippen LogP contribution in [-0.4, -0.2) is 19.6 Å². The smallest absolute Gasteiger partial charge is 0.0510 e. The number of rotatable bonds is 7. The summed E-state index contributed by atoms with van der Waals surface area (Å²) in [6, 6.07) is 6.64. The van der Waals surface area contributed by atoms with Crippen molar-refractivity contribution in [2.45, 2.75) is 33.7 Å². The van der Waals surface area contributed by atoms with E-state index in [0.29, 0.717) is 0 Å². The van der Waals surface area contributed by atoms with Gasteiger partial charge in [-0.05, 0) is 60.4 Å². The molecule has 0 unspecified atom stereocenters. The number of benzene rings is 1. The van der Waals surface area contributed by atoms with Crippen LogP contribution in [0.15, 0.2) is 22.7 Å². The largest absolute Gasteiger partial charge is 0.371 e. The van der Waals surface area contributed by atoms with Gasteiger partial charge in [-0.1, -0.05) is 13.0 Å². The van der Waals surface area contributed by atoms with Gasteiger partial charge in [0.1, 0.15) is 0 Å². The van der Waals surface area contributed by atoms with Crippen molar-refractivity contribution in [1.82, 2.24) is 5.32 Å². The Morgan fingerprint density at radius 1 is 1.18 bits per heavy atom. The molecule has 1 aromatic rings. The van der Waals surface area contributed by atoms with Crippen LogP contribution < -0.4 is 10.2 Å². The van der Waals surface area contributed by atoms with Crippen LogP contribution in [0.5, 0.6) is 0 Å². The molecule has 1 rings (SSSR count). The second-order valence-corrected chi connectivity index (χ2v) is 4.99. The molecule has 0 saturated carbocycles. The van der Waals surface area contributed by atoms with Crippen LogP contribution in [0, 0.1) is 0 Å². The van der Waals surface area contributed by atoms with Crippen molar-refractivity contribution >= 4 is 21.6 Å². The van der Waals surface area contributed by atoms with E-state index >= 15 is 0 Å². The fourth-order valence-electron chi connectivity index (χ4n) is 1.89. The lowest BCUT2D eigenvalue weighted by Crippen LogP contribution is -2.22. The Balaban J connectivity index is 2.71. The molecule has 1 aromatic carbocycles. The maximum atomic E-state index is 3.67. The van der Waals surface area contributed by atoms with Gasteiger partial charge >= 0.3 is 0 Å². The molecule has 0 bridgehead atoms. The number of halogens is 1. The molecular formula is C14H23BrN2. The van der Waals surface area contributed by atoms with Gasteiger partial charge in [-0.2, -0.15) is 0 Å². The molecule has 0 aromatic heterocycles. The highest BCUT2D eigenvalue weighted by Crippen LogP contribution is 2.27. The quantitative estimate of drug-likeness (QED) is 0.771. The summed E-state index contributed by atoms with van der Waals surface area (Å²) in [5.74, 6) is 0. The lowest BCUT2D eigenvalue weighted by Gasteiger charge is -2.22. The zero-order valence-electron chi connectivity index (χ0n) is 11.1. The molecule has 0 aliphatic heterocycles. The number of nitrogens with one attached hydrogen (secondary N) is 1. The average Bonchev–Trinajstić information content (AvgIpc) is 2.33. The fourth-order valence-corrected chi connectivity index (χ4v) is 2.57. The topological polar surface area (TPSA) is 15.3 Å². The van der Waals surface area contributed by atoms with E-state index in [0.717, 1.165) is 26.2 Å². The Labute approximate surface area is 114 Å². The summed E-state index contributed by atoms with van der Waals surface area (Å²) >= 11 is 3.67. The molecule has 0 atom stereocenters. The van der Waals surface area contributed by atoms with Gasteiger partial charge in [0.25, 0.3) is 0 Å². The summed E-state index contributed by atoms with van der Waals surface area (Å²) in [6.45, 7) is 10.7. The number of nitrogens with zero attached hydrogens (tertiary/aromatic N) is 1. The van der Waals surface area contributed by atoms with Crippen LogP contribution >= 0.6 is 15.9 Å². The first kappa shape index (κ1) is 14.5. The van der Waals surface area contributed by atoms with E-state index in [4.69, 9.17) is 0 Å². The van der Waals surface area contributed by atoms with E-state index in [2.05, 4.69) is 65.1 Å². The molecule has 0 saturated heterocycles. The Morgan fingerprint density at radius 3 is 2.41 bits per heavy atom. The molecule has 0 spiro atoms. The van der Waals surface area contributed by atoms with Crippen LogP contribution in [0.25, 0.3) is 0 Å². The Hall–Kier alpha value is -0.540. The molecule has 0 heterocycles. The first-order valence-corrected chi connectivity index (χ1v) is 7.26. The van der Waals surface area contributed by atoms with Crippen LogP contribution in [0.3, 0.4) is 0 Å². The lowest BCUT2D eigenvalue weighted by atomic mass is 10.2.